The van der Waals surface area contributed by atoms with Gasteiger partial charge in [0.15, 0.2) is 0 Å². The van der Waals surface area contributed by atoms with E-state index >= 15 is 0 Å². The lowest BCUT2D eigenvalue weighted by atomic mass is 10.0. The van der Waals surface area contributed by atoms with Crippen molar-refractivity contribution >= 4 is 0 Å². The summed E-state index contributed by atoms with van der Waals surface area (Å²) >= 11 is 0. The molecule has 1 nitrogen and oxygen atoms in total. The molecule has 0 N–H and O–H groups in total. The fraction of sp³-hybridized carbons (Fsp3) is 0.283. The number of allylic oxidation sites excluding steroid dienone is 2. The number of unbranched alkanes of at least 4 members (excludes halogenated alkanes) is 5. The van der Waals surface area contributed by atoms with E-state index in [1.807, 2.05) is 42.5 Å². The minimum absolute atomic E-state index is 0.310. The summed E-state index contributed by atoms with van der Waals surface area (Å²) in [7, 11) is 0. The Morgan fingerprint density at radius 1 is 0.407 bits per heavy atom. The zero-order valence-electron chi connectivity index (χ0n) is 32.1. The minimum atomic E-state index is 0.310. The van der Waals surface area contributed by atoms with Gasteiger partial charge in [-0.25, -0.2) is 0 Å². The first-order valence-corrected chi connectivity index (χ1v) is 17.0. The van der Waals surface area contributed by atoms with Crippen molar-refractivity contribution in [3.05, 3.63) is 81.9 Å². The highest BCUT2D eigenvalue weighted by molar-refractivity contribution is 5.41. The van der Waals surface area contributed by atoms with Crippen molar-refractivity contribution in [3.8, 4) is 148 Å². The largest absolute Gasteiger partial charge is 0.356 e. The van der Waals surface area contributed by atoms with Crippen molar-refractivity contribution in [1.29, 1.82) is 0 Å². The van der Waals surface area contributed by atoms with Crippen molar-refractivity contribution in [3.63, 3.8) is 0 Å². The van der Waals surface area contributed by atoms with Gasteiger partial charge in [-0.3, -0.25) is 0 Å². The maximum absolute atomic E-state index is 5.17. The lowest BCUT2D eigenvalue weighted by Gasteiger charge is -2.03. The van der Waals surface area contributed by atoms with Crippen LogP contribution in [0.25, 0.3) is 0 Å². The van der Waals surface area contributed by atoms with Crippen LogP contribution in [-0.4, -0.2) is 13.2 Å². The minimum Gasteiger partial charge on any atom is -0.356 e. The second-order valence-corrected chi connectivity index (χ2v) is 10.5. The molecule has 2 aromatic carbocycles. The highest BCUT2D eigenvalue weighted by Crippen LogP contribution is 2.14. The standard InChI is InChI=1S/C12H16.2C10H6.C8H10.C7H8.C6H6O/c1-5-7-9-11(3)12(4)10-8-6-2;1-3-9-5-7-10(4-2)8-6-9;1-3-9-6-5-7-10(4-2)8-9;1-3-5-7-8-6-4-2;2*1-3-5-7-6-4-2/h1-2H,7-10H2,3-4H3;2*1-2,5-8H;1-2H,5-8H2;1-2H,5-7H2;1-2H,5-6H2/b12-11+;;;;;. The molecule has 0 aliphatic carbocycles. The van der Waals surface area contributed by atoms with Crippen LogP contribution in [0.3, 0.4) is 0 Å². The second kappa shape index (κ2) is 45.9. The second-order valence-electron chi connectivity index (χ2n) is 10.5. The van der Waals surface area contributed by atoms with Gasteiger partial charge in [0.1, 0.15) is 13.2 Å². The summed E-state index contributed by atoms with van der Waals surface area (Å²) in [4.78, 5) is 0. The molecule has 0 radical (unpaired) electrons. The van der Waals surface area contributed by atoms with E-state index in [9.17, 15) is 0 Å². The summed E-state index contributed by atoms with van der Waals surface area (Å²) in [6, 6.07) is 14.7. The van der Waals surface area contributed by atoms with E-state index in [1.165, 1.54) is 11.1 Å². The van der Waals surface area contributed by atoms with Crippen LogP contribution in [0.1, 0.15) is 107 Å². The molecule has 0 bridgehead atoms. The first-order valence-electron chi connectivity index (χ1n) is 17.0. The number of benzene rings is 2. The third-order valence-corrected chi connectivity index (χ3v) is 6.34. The van der Waals surface area contributed by atoms with E-state index in [1.54, 1.807) is 6.07 Å². The molecule has 0 aliphatic heterocycles. The van der Waals surface area contributed by atoms with Crippen molar-refractivity contribution in [2.45, 2.75) is 84.5 Å². The third kappa shape index (κ3) is 41.0. The van der Waals surface area contributed by atoms with Gasteiger partial charge in [0, 0.05) is 60.8 Å². The number of ether oxygens (including phenoxy) is 1. The molecule has 0 fully saturated rings. The van der Waals surface area contributed by atoms with E-state index in [0.717, 1.165) is 92.9 Å². The molecule has 0 spiro atoms. The lowest BCUT2D eigenvalue weighted by Crippen LogP contribution is -1.89. The Labute approximate surface area is 331 Å². The average Bonchev–Trinajstić information content (AvgIpc) is 3.22. The number of rotatable bonds is 11. The van der Waals surface area contributed by atoms with E-state index in [0.29, 0.717) is 13.2 Å². The zero-order chi connectivity index (χ0) is 41.5. The maximum atomic E-state index is 5.17. The molecule has 2 aromatic rings. The third-order valence-electron chi connectivity index (χ3n) is 6.34. The summed E-state index contributed by atoms with van der Waals surface area (Å²) in [5.41, 5.74) is 6.16. The SMILES string of the molecule is C#CCC/C(C)=C(\C)CCC#C.C#CCCCC#C.C#CCCCCC#C.C#CCOCC#C.C#Cc1ccc(C#C)cc1.C#Cc1cccc(C#C)c1. The first kappa shape index (κ1) is 53.6. The summed E-state index contributed by atoms with van der Waals surface area (Å²) in [6.45, 7) is 4.88. The molecule has 0 saturated carbocycles. The highest BCUT2D eigenvalue weighted by Gasteiger charge is 1.95. The fourth-order valence-corrected chi connectivity index (χ4v) is 3.22. The normalized spacial score (nSPS) is 8.19. The monoisotopic (exact) mass is 704 g/mol. The van der Waals surface area contributed by atoms with E-state index < -0.39 is 0 Å². The molecule has 270 valence electrons. The Hall–Kier alpha value is -7.14. The van der Waals surface area contributed by atoms with E-state index in [2.05, 4.69) is 89.6 Å². The van der Waals surface area contributed by atoms with E-state index in [4.69, 9.17) is 77.1 Å². The molecule has 54 heavy (non-hydrogen) atoms. The van der Waals surface area contributed by atoms with Crippen LogP contribution in [0.4, 0.5) is 0 Å². The van der Waals surface area contributed by atoms with Gasteiger partial charge < -0.3 is 4.74 Å². The molecular weight excluding hydrogens is 653 g/mol. The Bertz CT molecular complexity index is 1680. The van der Waals surface area contributed by atoms with Crippen LogP contribution < -0.4 is 0 Å². The average molecular weight is 705 g/mol. The predicted molar refractivity (Wildman–Crippen MR) is 235 cm³/mol. The molecule has 0 aromatic heterocycles. The quantitative estimate of drug-likeness (QED) is 0.129. The van der Waals surface area contributed by atoms with Gasteiger partial charge in [0.05, 0.1) is 0 Å². The number of hydrogen-bond acceptors (Lipinski definition) is 1. The van der Waals surface area contributed by atoms with Crippen molar-refractivity contribution in [1.82, 2.24) is 0 Å². The smallest absolute Gasteiger partial charge is 0.108 e. The van der Waals surface area contributed by atoms with Crippen molar-refractivity contribution < 1.29 is 4.74 Å². The molecule has 0 unspecified atom stereocenters. The van der Waals surface area contributed by atoms with Crippen LogP contribution in [0, 0.1) is 148 Å². The molecule has 0 atom stereocenters. The van der Waals surface area contributed by atoms with Gasteiger partial charge in [-0.1, -0.05) is 52.7 Å². The van der Waals surface area contributed by atoms with Crippen molar-refractivity contribution in [2.75, 3.05) is 13.2 Å². The first-order chi connectivity index (χ1) is 26.2. The predicted octanol–water partition coefficient (Wildman–Crippen LogP) is 9.95. The zero-order valence-corrected chi connectivity index (χ0v) is 32.1. The van der Waals surface area contributed by atoms with Gasteiger partial charge in [-0.05, 0) is 88.4 Å². The van der Waals surface area contributed by atoms with Gasteiger partial charge in [0.25, 0.3) is 0 Å². The Morgan fingerprint density at radius 2 is 0.722 bits per heavy atom. The van der Waals surface area contributed by atoms with Gasteiger partial charge in [0.2, 0.25) is 0 Å². The summed E-state index contributed by atoms with van der Waals surface area (Å²) in [5.74, 6) is 30.0. The van der Waals surface area contributed by atoms with Gasteiger partial charge in [-0.2, -0.15) is 0 Å². The summed E-state index contributed by atoms with van der Waals surface area (Å²) in [5, 5.41) is 0. The Balaban J connectivity index is -0.000000281. The number of hydrogen-bond donors (Lipinski definition) is 0. The lowest BCUT2D eigenvalue weighted by molar-refractivity contribution is 0.205. The topological polar surface area (TPSA) is 9.23 Å². The molecule has 0 saturated heterocycles. The van der Waals surface area contributed by atoms with Gasteiger partial charge >= 0.3 is 0 Å². The Morgan fingerprint density at radius 3 is 1.00 bits per heavy atom. The van der Waals surface area contributed by atoms with E-state index in [-0.39, 0.29) is 0 Å². The maximum Gasteiger partial charge on any atom is 0.108 e. The molecule has 0 aliphatic rings. The molecule has 1 heteroatoms. The molecule has 2 rings (SSSR count). The van der Waals surface area contributed by atoms with Crippen LogP contribution in [0.5, 0.6) is 0 Å². The van der Waals surface area contributed by atoms with Crippen LogP contribution in [-0.2, 0) is 4.74 Å². The fourth-order valence-electron chi connectivity index (χ4n) is 3.22. The summed E-state index contributed by atoms with van der Waals surface area (Å²) in [6.07, 6.45) is 70.6. The van der Waals surface area contributed by atoms with Crippen LogP contribution in [0.2, 0.25) is 0 Å². The van der Waals surface area contributed by atoms with Crippen molar-refractivity contribution in [2.24, 2.45) is 0 Å². The summed E-state index contributed by atoms with van der Waals surface area (Å²) < 4.78 is 4.66. The highest BCUT2D eigenvalue weighted by atomic mass is 16.5. The molecular formula is C53H52O. The van der Waals surface area contributed by atoms with Gasteiger partial charge in [-0.15, -0.1) is 113 Å². The van der Waals surface area contributed by atoms with Crippen LogP contribution in [0.15, 0.2) is 59.7 Å². The molecule has 0 amide bonds. The Kier molecular flexibility index (Phi) is 45.6. The van der Waals surface area contributed by atoms with Crippen LogP contribution >= 0.6 is 0 Å². The number of terminal acetylenes is 12. The molecule has 0 heterocycles.